The Balaban J connectivity index is 1.83. The van der Waals surface area contributed by atoms with Crippen molar-refractivity contribution < 1.29 is 9.53 Å². The molecule has 118 valence electrons. The summed E-state index contributed by atoms with van der Waals surface area (Å²) in [7, 11) is 1.62. The second-order valence-electron chi connectivity index (χ2n) is 5.41. The summed E-state index contributed by atoms with van der Waals surface area (Å²) in [6.45, 7) is 2.42. The van der Waals surface area contributed by atoms with Gasteiger partial charge in [-0.05, 0) is 30.2 Å². The van der Waals surface area contributed by atoms with Crippen molar-refractivity contribution in [2.24, 2.45) is 0 Å². The molecule has 0 radical (unpaired) electrons. The average Bonchev–Trinajstić information content (AvgIpc) is 2.94. The van der Waals surface area contributed by atoms with Crippen molar-refractivity contribution in [3.8, 4) is 0 Å². The number of methoxy groups -OCH3 is 1. The van der Waals surface area contributed by atoms with Crippen LogP contribution < -0.4 is 5.32 Å². The van der Waals surface area contributed by atoms with E-state index in [2.05, 4.69) is 20.8 Å². The van der Waals surface area contributed by atoms with Gasteiger partial charge in [0.15, 0.2) is 0 Å². The maximum Gasteiger partial charge on any atom is 0.230 e. The fourth-order valence-corrected chi connectivity index (χ4v) is 3.33. The summed E-state index contributed by atoms with van der Waals surface area (Å²) in [6.07, 6.45) is 5.99. The molecule has 1 unspecified atom stereocenters. The standard InChI is InChI=1S/C13H23N5O2S/c1-10(8-20-2)14-12(19)9-21-13-15-16-17-18(13)11-6-4-3-5-7-11/h10-11H,3-9H2,1-2H3,(H,14,19). The SMILES string of the molecule is COCC(C)NC(=O)CSc1nnnn1C1CCCCC1. The number of ether oxygens (including phenoxy) is 1. The summed E-state index contributed by atoms with van der Waals surface area (Å²) >= 11 is 1.39. The molecule has 8 heteroatoms. The second-order valence-corrected chi connectivity index (χ2v) is 6.35. The fourth-order valence-electron chi connectivity index (χ4n) is 2.57. The largest absolute Gasteiger partial charge is 0.383 e. The third-order valence-corrected chi connectivity index (χ3v) is 4.47. The molecule has 0 aliphatic heterocycles. The summed E-state index contributed by atoms with van der Waals surface area (Å²) < 4.78 is 6.88. The van der Waals surface area contributed by atoms with E-state index in [0.29, 0.717) is 18.4 Å². The van der Waals surface area contributed by atoms with Gasteiger partial charge in [0, 0.05) is 13.2 Å². The zero-order valence-electron chi connectivity index (χ0n) is 12.6. The molecule has 1 amide bonds. The Morgan fingerprint density at radius 3 is 2.95 bits per heavy atom. The van der Waals surface area contributed by atoms with Crippen LogP contribution in [0.4, 0.5) is 0 Å². The van der Waals surface area contributed by atoms with Crippen LogP contribution in [0.5, 0.6) is 0 Å². The number of hydrogen-bond acceptors (Lipinski definition) is 6. The Bertz CT molecular complexity index is 448. The van der Waals surface area contributed by atoms with Crippen molar-refractivity contribution in [1.29, 1.82) is 0 Å². The van der Waals surface area contributed by atoms with Gasteiger partial charge < -0.3 is 10.1 Å². The Hall–Kier alpha value is -1.15. The van der Waals surface area contributed by atoms with E-state index in [1.165, 1.54) is 31.0 Å². The molecule has 1 aliphatic rings. The van der Waals surface area contributed by atoms with Crippen molar-refractivity contribution in [2.75, 3.05) is 19.5 Å². The lowest BCUT2D eigenvalue weighted by Gasteiger charge is -2.22. The lowest BCUT2D eigenvalue weighted by molar-refractivity contribution is -0.119. The Morgan fingerprint density at radius 2 is 2.24 bits per heavy atom. The first-order valence-corrected chi connectivity index (χ1v) is 8.38. The van der Waals surface area contributed by atoms with Crippen LogP contribution in [-0.4, -0.2) is 51.6 Å². The molecule has 1 saturated carbocycles. The molecule has 1 N–H and O–H groups in total. The molecule has 2 rings (SSSR count). The third kappa shape index (κ3) is 4.96. The topological polar surface area (TPSA) is 81.9 Å². The Morgan fingerprint density at radius 1 is 1.48 bits per heavy atom. The second kappa shape index (κ2) is 8.33. The number of tetrazole rings is 1. The lowest BCUT2D eigenvalue weighted by atomic mass is 9.96. The van der Waals surface area contributed by atoms with Crippen molar-refractivity contribution in [3.63, 3.8) is 0 Å². The van der Waals surface area contributed by atoms with Gasteiger partial charge in [0.05, 0.1) is 18.4 Å². The summed E-state index contributed by atoms with van der Waals surface area (Å²) in [6, 6.07) is 0.393. The van der Waals surface area contributed by atoms with E-state index < -0.39 is 0 Å². The number of thioether (sulfide) groups is 1. The number of carbonyl (C=O) groups excluding carboxylic acids is 1. The molecular formula is C13H23N5O2S. The van der Waals surface area contributed by atoms with Crippen LogP contribution in [0.3, 0.4) is 0 Å². The number of nitrogens with one attached hydrogen (secondary N) is 1. The highest BCUT2D eigenvalue weighted by atomic mass is 32.2. The number of hydrogen-bond donors (Lipinski definition) is 1. The number of carbonyl (C=O) groups is 1. The third-order valence-electron chi connectivity index (χ3n) is 3.54. The number of rotatable bonds is 7. The first kappa shape index (κ1) is 16.2. The van der Waals surface area contributed by atoms with Crippen LogP contribution in [0.2, 0.25) is 0 Å². The molecule has 1 atom stereocenters. The van der Waals surface area contributed by atoms with Crippen LogP contribution >= 0.6 is 11.8 Å². The number of amides is 1. The van der Waals surface area contributed by atoms with Crippen LogP contribution in [0, 0.1) is 0 Å². The molecule has 1 aromatic heterocycles. The molecule has 1 aliphatic carbocycles. The van der Waals surface area contributed by atoms with Gasteiger partial charge in [-0.2, -0.15) is 0 Å². The highest BCUT2D eigenvalue weighted by Crippen LogP contribution is 2.30. The number of nitrogens with zero attached hydrogens (tertiary/aromatic N) is 4. The minimum atomic E-state index is -0.0252. The first-order valence-electron chi connectivity index (χ1n) is 7.39. The predicted octanol–water partition coefficient (Wildman–Crippen LogP) is 1.42. The van der Waals surface area contributed by atoms with E-state index in [4.69, 9.17) is 4.74 Å². The summed E-state index contributed by atoms with van der Waals surface area (Å²) in [5.74, 6) is 0.295. The molecular weight excluding hydrogens is 290 g/mol. The van der Waals surface area contributed by atoms with Gasteiger partial charge in [-0.25, -0.2) is 4.68 Å². The van der Waals surface area contributed by atoms with Crippen LogP contribution in [0.1, 0.15) is 45.1 Å². The van der Waals surface area contributed by atoms with Gasteiger partial charge in [-0.15, -0.1) is 5.10 Å². The van der Waals surface area contributed by atoms with Gasteiger partial charge in [0.25, 0.3) is 0 Å². The quantitative estimate of drug-likeness (QED) is 0.767. The minimum absolute atomic E-state index is 0.0115. The monoisotopic (exact) mass is 313 g/mol. The average molecular weight is 313 g/mol. The summed E-state index contributed by atoms with van der Waals surface area (Å²) in [5, 5.41) is 15.5. The highest BCUT2D eigenvalue weighted by Gasteiger charge is 2.20. The molecule has 0 bridgehead atoms. The van der Waals surface area contributed by atoms with Crippen molar-refractivity contribution in [2.45, 2.75) is 56.3 Å². The normalized spacial score (nSPS) is 17.6. The molecule has 0 saturated heterocycles. The van der Waals surface area contributed by atoms with E-state index in [9.17, 15) is 4.79 Å². The van der Waals surface area contributed by atoms with E-state index in [0.717, 1.165) is 18.0 Å². The predicted molar refractivity (Wildman–Crippen MR) is 80.1 cm³/mol. The van der Waals surface area contributed by atoms with Crippen LogP contribution in [-0.2, 0) is 9.53 Å². The lowest BCUT2D eigenvalue weighted by Crippen LogP contribution is -2.36. The van der Waals surface area contributed by atoms with Gasteiger partial charge in [0.1, 0.15) is 0 Å². The molecule has 7 nitrogen and oxygen atoms in total. The number of aromatic nitrogens is 4. The van der Waals surface area contributed by atoms with E-state index in [1.807, 2.05) is 11.6 Å². The molecule has 1 fully saturated rings. The maximum absolute atomic E-state index is 11.8. The van der Waals surface area contributed by atoms with Crippen molar-refractivity contribution in [3.05, 3.63) is 0 Å². The smallest absolute Gasteiger partial charge is 0.230 e. The van der Waals surface area contributed by atoms with Gasteiger partial charge in [-0.3, -0.25) is 4.79 Å². The van der Waals surface area contributed by atoms with E-state index in [1.54, 1.807) is 7.11 Å². The zero-order chi connectivity index (χ0) is 15.1. The van der Waals surface area contributed by atoms with Crippen LogP contribution in [0.25, 0.3) is 0 Å². The fraction of sp³-hybridized carbons (Fsp3) is 0.846. The van der Waals surface area contributed by atoms with Gasteiger partial charge in [-0.1, -0.05) is 31.0 Å². The van der Waals surface area contributed by atoms with E-state index >= 15 is 0 Å². The Labute approximate surface area is 129 Å². The van der Waals surface area contributed by atoms with E-state index in [-0.39, 0.29) is 11.9 Å². The first-order chi connectivity index (χ1) is 10.2. The molecule has 0 aromatic carbocycles. The van der Waals surface area contributed by atoms with Gasteiger partial charge >= 0.3 is 0 Å². The maximum atomic E-state index is 11.8. The highest BCUT2D eigenvalue weighted by molar-refractivity contribution is 7.99. The minimum Gasteiger partial charge on any atom is -0.383 e. The van der Waals surface area contributed by atoms with Crippen molar-refractivity contribution >= 4 is 17.7 Å². The molecule has 0 spiro atoms. The zero-order valence-corrected chi connectivity index (χ0v) is 13.4. The Kier molecular flexibility index (Phi) is 6.44. The molecule has 1 aromatic rings. The summed E-state index contributed by atoms with van der Waals surface area (Å²) in [5.41, 5.74) is 0. The van der Waals surface area contributed by atoms with Crippen molar-refractivity contribution in [1.82, 2.24) is 25.5 Å². The molecule has 21 heavy (non-hydrogen) atoms. The summed E-state index contributed by atoms with van der Waals surface area (Å²) in [4.78, 5) is 11.8. The van der Waals surface area contributed by atoms with Crippen LogP contribution in [0.15, 0.2) is 5.16 Å². The molecule has 1 heterocycles. The van der Waals surface area contributed by atoms with Gasteiger partial charge in [0.2, 0.25) is 11.1 Å².